The largest absolute Gasteiger partial charge is 0.465 e. The molecule has 146 valence electrons. The summed E-state index contributed by atoms with van der Waals surface area (Å²) in [5.41, 5.74) is 0.426. The zero-order valence-corrected chi connectivity index (χ0v) is 16.1. The van der Waals surface area contributed by atoms with Crippen LogP contribution < -0.4 is 5.32 Å². The van der Waals surface area contributed by atoms with Crippen LogP contribution in [0.25, 0.3) is 0 Å². The van der Waals surface area contributed by atoms with E-state index in [9.17, 15) is 17.6 Å². The van der Waals surface area contributed by atoms with Gasteiger partial charge in [-0.25, -0.2) is 17.6 Å². The predicted octanol–water partition coefficient (Wildman–Crippen LogP) is 2.16. The van der Waals surface area contributed by atoms with Crippen LogP contribution in [0, 0.1) is 19.7 Å². The van der Waals surface area contributed by atoms with Crippen LogP contribution in [0.2, 0.25) is 0 Å². The third-order valence-corrected chi connectivity index (χ3v) is 6.65. The van der Waals surface area contributed by atoms with E-state index in [-0.39, 0.29) is 28.5 Å². The fraction of sp³-hybridized carbons (Fsp3) is 0.389. The molecule has 1 aliphatic rings. The van der Waals surface area contributed by atoms with E-state index in [2.05, 4.69) is 5.32 Å². The number of rotatable bonds is 4. The number of carbonyl (C=O) groups excluding carboxylic acids is 1. The van der Waals surface area contributed by atoms with Crippen LogP contribution in [-0.2, 0) is 14.8 Å². The average molecular weight is 396 g/mol. The van der Waals surface area contributed by atoms with E-state index in [1.54, 1.807) is 6.07 Å². The van der Waals surface area contributed by atoms with E-state index < -0.39 is 27.9 Å². The molecule has 1 aliphatic heterocycles. The third kappa shape index (κ3) is 3.50. The Balaban J connectivity index is 2.12. The molecule has 3 rings (SSSR count). The summed E-state index contributed by atoms with van der Waals surface area (Å²) < 4.78 is 52.1. The molecule has 0 spiro atoms. The molecule has 2 heterocycles. The normalized spacial score (nSPS) is 18.4. The standard InChI is InChI=1S/C18H21FN2O5S/c1-11-16(18(22)25-3)17(12(2)26-11)27(23,24)21-8-7-20-10-15(21)13-5-4-6-14(19)9-13/h4-6,9,15,20H,7-8,10H2,1-3H3. The van der Waals surface area contributed by atoms with E-state index in [0.29, 0.717) is 18.7 Å². The quantitative estimate of drug-likeness (QED) is 0.797. The molecule has 1 fully saturated rings. The molecule has 0 amide bonds. The Kier molecular flexibility index (Phi) is 5.36. The summed E-state index contributed by atoms with van der Waals surface area (Å²) in [4.78, 5) is 12.0. The molecule has 1 N–H and O–H groups in total. The molecule has 1 aromatic carbocycles. The van der Waals surface area contributed by atoms with Gasteiger partial charge in [0.25, 0.3) is 0 Å². The first-order valence-electron chi connectivity index (χ1n) is 8.43. The second kappa shape index (κ2) is 7.41. The predicted molar refractivity (Wildman–Crippen MR) is 95.4 cm³/mol. The van der Waals surface area contributed by atoms with E-state index in [0.717, 1.165) is 0 Å². The topological polar surface area (TPSA) is 88.8 Å². The minimum atomic E-state index is -4.09. The summed E-state index contributed by atoms with van der Waals surface area (Å²) in [6.45, 7) is 3.94. The summed E-state index contributed by atoms with van der Waals surface area (Å²) in [6.07, 6.45) is 0. The van der Waals surface area contributed by atoms with Gasteiger partial charge in [-0.2, -0.15) is 4.31 Å². The van der Waals surface area contributed by atoms with Crippen LogP contribution in [-0.4, -0.2) is 45.4 Å². The maximum Gasteiger partial charge on any atom is 0.342 e. The number of sulfonamides is 1. The van der Waals surface area contributed by atoms with Crippen LogP contribution in [0.1, 0.15) is 33.5 Å². The number of aryl methyl sites for hydroxylation is 2. The van der Waals surface area contributed by atoms with Gasteiger partial charge in [0.05, 0.1) is 13.2 Å². The van der Waals surface area contributed by atoms with Gasteiger partial charge in [-0.3, -0.25) is 0 Å². The van der Waals surface area contributed by atoms with Crippen LogP contribution >= 0.6 is 0 Å². The van der Waals surface area contributed by atoms with Crippen molar-refractivity contribution in [2.75, 3.05) is 26.7 Å². The minimum absolute atomic E-state index is 0.105. The number of hydrogen-bond acceptors (Lipinski definition) is 6. The van der Waals surface area contributed by atoms with Gasteiger partial charge < -0.3 is 14.5 Å². The summed E-state index contributed by atoms with van der Waals surface area (Å²) in [5, 5.41) is 3.13. The van der Waals surface area contributed by atoms with Crippen LogP contribution in [0.4, 0.5) is 4.39 Å². The highest BCUT2D eigenvalue weighted by atomic mass is 32.2. The number of hydrogen-bond donors (Lipinski definition) is 1. The number of halogens is 1. The Morgan fingerprint density at radius 3 is 2.74 bits per heavy atom. The van der Waals surface area contributed by atoms with Crippen molar-refractivity contribution >= 4 is 16.0 Å². The van der Waals surface area contributed by atoms with Crippen molar-refractivity contribution in [1.29, 1.82) is 0 Å². The van der Waals surface area contributed by atoms with Gasteiger partial charge >= 0.3 is 5.97 Å². The lowest BCUT2D eigenvalue weighted by atomic mass is 10.1. The molecule has 1 unspecified atom stereocenters. The van der Waals surface area contributed by atoms with E-state index in [4.69, 9.17) is 9.15 Å². The lowest BCUT2D eigenvalue weighted by Crippen LogP contribution is -2.48. The molecule has 1 aromatic heterocycles. The molecular weight excluding hydrogens is 375 g/mol. The maximum absolute atomic E-state index is 13.7. The van der Waals surface area contributed by atoms with Crippen molar-refractivity contribution in [2.24, 2.45) is 0 Å². The highest BCUT2D eigenvalue weighted by molar-refractivity contribution is 7.89. The summed E-state index contributed by atoms with van der Waals surface area (Å²) in [5.74, 6) is -0.929. The fourth-order valence-corrected chi connectivity index (χ4v) is 5.39. The van der Waals surface area contributed by atoms with Crippen LogP contribution in [0.5, 0.6) is 0 Å². The Morgan fingerprint density at radius 2 is 2.07 bits per heavy atom. The van der Waals surface area contributed by atoms with E-state index >= 15 is 0 Å². The molecule has 0 bridgehead atoms. The highest BCUT2D eigenvalue weighted by Crippen LogP contribution is 2.34. The lowest BCUT2D eigenvalue weighted by Gasteiger charge is -2.35. The molecule has 1 saturated heterocycles. The second-order valence-corrected chi connectivity index (χ2v) is 8.13. The second-order valence-electron chi connectivity index (χ2n) is 6.30. The minimum Gasteiger partial charge on any atom is -0.465 e. The van der Waals surface area contributed by atoms with Gasteiger partial charge in [0.15, 0.2) is 0 Å². The summed E-state index contributed by atoms with van der Waals surface area (Å²) in [7, 11) is -2.91. The number of carbonyl (C=O) groups is 1. The molecule has 0 saturated carbocycles. The van der Waals surface area contributed by atoms with Gasteiger partial charge in [-0.15, -0.1) is 0 Å². The number of esters is 1. The van der Waals surface area contributed by atoms with Gasteiger partial charge in [0, 0.05) is 19.6 Å². The molecule has 7 nitrogen and oxygen atoms in total. The van der Waals surface area contributed by atoms with Gasteiger partial charge in [0.1, 0.15) is 27.8 Å². The zero-order chi connectivity index (χ0) is 19.8. The average Bonchev–Trinajstić information content (AvgIpc) is 2.95. The fourth-order valence-electron chi connectivity index (χ4n) is 3.40. The molecule has 9 heteroatoms. The van der Waals surface area contributed by atoms with E-state index in [1.807, 2.05) is 0 Å². The number of nitrogens with one attached hydrogen (secondary N) is 1. The summed E-state index contributed by atoms with van der Waals surface area (Å²) >= 11 is 0. The van der Waals surface area contributed by atoms with Crippen LogP contribution in [0.3, 0.4) is 0 Å². The highest BCUT2D eigenvalue weighted by Gasteiger charge is 2.40. The van der Waals surface area contributed by atoms with Crippen molar-refractivity contribution in [1.82, 2.24) is 9.62 Å². The number of furan rings is 1. The molecule has 0 aliphatic carbocycles. The first-order chi connectivity index (χ1) is 12.8. The number of nitrogens with zero attached hydrogens (tertiary/aromatic N) is 1. The Labute approximate surface area is 157 Å². The Bertz CT molecular complexity index is 970. The van der Waals surface area contributed by atoms with Crippen molar-refractivity contribution in [3.63, 3.8) is 0 Å². The number of ether oxygens (including phenoxy) is 1. The smallest absolute Gasteiger partial charge is 0.342 e. The first kappa shape index (κ1) is 19.5. The number of piperazine rings is 1. The molecule has 2 aromatic rings. The van der Waals surface area contributed by atoms with E-state index in [1.165, 1.54) is 43.5 Å². The van der Waals surface area contributed by atoms with Crippen molar-refractivity contribution in [3.05, 3.63) is 52.7 Å². The Morgan fingerprint density at radius 1 is 1.33 bits per heavy atom. The molecule has 27 heavy (non-hydrogen) atoms. The van der Waals surface area contributed by atoms with Crippen LogP contribution in [0.15, 0.2) is 33.6 Å². The molecular formula is C18H21FN2O5S. The van der Waals surface area contributed by atoms with Crippen molar-refractivity contribution < 1.29 is 26.8 Å². The Hall–Kier alpha value is -2.23. The zero-order valence-electron chi connectivity index (χ0n) is 15.3. The molecule has 0 radical (unpaired) electrons. The monoisotopic (exact) mass is 396 g/mol. The molecule has 1 atom stereocenters. The third-order valence-electron chi connectivity index (χ3n) is 4.59. The SMILES string of the molecule is COC(=O)c1c(C)oc(C)c1S(=O)(=O)N1CCNCC1c1cccc(F)c1. The van der Waals surface area contributed by atoms with Gasteiger partial charge in [-0.1, -0.05) is 12.1 Å². The van der Waals surface area contributed by atoms with Crippen molar-refractivity contribution in [2.45, 2.75) is 24.8 Å². The first-order valence-corrected chi connectivity index (χ1v) is 9.87. The maximum atomic E-state index is 13.7. The van der Waals surface area contributed by atoms with Gasteiger partial charge in [0.2, 0.25) is 10.0 Å². The van der Waals surface area contributed by atoms with Gasteiger partial charge in [-0.05, 0) is 31.5 Å². The number of methoxy groups -OCH3 is 1. The summed E-state index contributed by atoms with van der Waals surface area (Å²) in [6, 6.07) is 5.22. The van der Waals surface area contributed by atoms with Crippen molar-refractivity contribution in [3.8, 4) is 0 Å². The lowest BCUT2D eigenvalue weighted by molar-refractivity contribution is 0.0594. The number of benzene rings is 1.